The first-order valence-corrected chi connectivity index (χ1v) is 9.72. The Balaban J connectivity index is 0.000000190. The number of hydrogen-bond acceptors (Lipinski definition) is 5. The molecule has 0 atom stereocenters. The fraction of sp³-hybridized carbons (Fsp3) is 0.364. The van der Waals surface area contributed by atoms with Crippen LogP contribution in [0.4, 0.5) is 0 Å². The lowest BCUT2D eigenvalue weighted by Gasteiger charge is -2.03. The van der Waals surface area contributed by atoms with Crippen LogP contribution in [0.15, 0.2) is 59.6 Å². The summed E-state index contributed by atoms with van der Waals surface area (Å²) in [5.74, 6) is 0.626. The zero-order chi connectivity index (χ0) is 20.0. The van der Waals surface area contributed by atoms with E-state index in [0.717, 1.165) is 17.5 Å². The number of pyridine rings is 1. The lowest BCUT2D eigenvalue weighted by molar-refractivity contribution is 0.0963. The molecule has 6 nitrogen and oxygen atoms in total. The van der Waals surface area contributed by atoms with Crippen LogP contribution in [0.1, 0.15) is 55.3 Å². The molecule has 1 amide bonds. The van der Waals surface area contributed by atoms with Gasteiger partial charge in [0.15, 0.2) is 0 Å². The first-order chi connectivity index (χ1) is 13.7. The van der Waals surface area contributed by atoms with Gasteiger partial charge in [-0.3, -0.25) is 9.78 Å². The van der Waals surface area contributed by atoms with Crippen LogP contribution in [-0.4, -0.2) is 28.1 Å². The Morgan fingerprint density at radius 2 is 1.54 bits per heavy atom. The molecule has 0 aliphatic heterocycles. The van der Waals surface area contributed by atoms with Gasteiger partial charge < -0.3 is 9.73 Å². The quantitative estimate of drug-likeness (QED) is 0.713. The molecular weight excluding hydrogens is 352 g/mol. The van der Waals surface area contributed by atoms with Gasteiger partial charge in [0, 0.05) is 31.4 Å². The van der Waals surface area contributed by atoms with Gasteiger partial charge in [0.05, 0.1) is 0 Å². The number of nitrogens with zero attached hydrogens (tertiary/aromatic N) is 3. The molecule has 0 saturated heterocycles. The number of rotatable bonds is 3. The van der Waals surface area contributed by atoms with E-state index >= 15 is 0 Å². The molecule has 6 heteroatoms. The molecule has 4 rings (SSSR count). The summed E-state index contributed by atoms with van der Waals surface area (Å²) < 4.78 is 4.76. The highest BCUT2D eigenvalue weighted by Crippen LogP contribution is 2.18. The highest BCUT2D eigenvalue weighted by atomic mass is 16.4. The standard InChI is InChI=1S/C13H12N2O.C5H10.C4H6N2O/c1-14-13(16)12-4-2-10(3-5-12)11-6-8-15-9-7-11;1-2-4-5-3-1;1-2-4-6-5-3-7-4/h2-9H,1H3,(H,14,16);1-5H2;3H,2H2,1H3. The van der Waals surface area contributed by atoms with Gasteiger partial charge in [-0.25, -0.2) is 0 Å². The molecule has 1 aliphatic rings. The predicted octanol–water partition coefficient (Wildman–Crippen LogP) is 4.69. The first-order valence-electron chi connectivity index (χ1n) is 9.72. The van der Waals surface area contributed by atoms with Crippen LogP contribution in [-0.2, 0) is 6.42 Å². The maximum atomic E-state index is 11.3. The van der Waals surface area contributed by atoms with Gasteiger partial charge in [-0.2, -0.15) is 0 Å². The summed E-state index contributed by atoms with van der Waals surface area (Å²) in [7, 11) is 1.62. The Morgan fingerprint density at radius 1 is 0.964 bits per heavy atom. The Bertz CT molecular complexity index is 776. The number of carbonyl (C=O) groups excluding carboxylic acids is 1. The van der Waals surface area contributed by atoms with Crippen LogP contribution < -0.4 is 5.32 Å². The molecule has 2 heterocycles. The number of aryl methyl sites for hydroxylation is 1. The summed E-state index contributed by atoms with van der Waals surface area (Å²) in [5.41, 5.74) is 2.84. The van der Waals surface area contributed by atoms with E-state index in [2.05, 4.69) is 20.5 Å². The van der Waals surface area contributed by atoms with Gasteiger partial charge in [0.25, 0.3) is 5.91 Å². The first kappa shape index (κ1) is 21.3. The molecule has 3 aromatic rings. The normalized spacial score (nSPS) is 12.2. The van der Waals surface area contributed by atoms with Gasteiger partial charge in [0.1, 0.15) is 0 Å². The predicted molar refractivity (Wildman–Crippen MR) is 110 cm³/mol. The van der Waals surface area contributed by atoms with E-state index in [-0.39, 0.29) is 5.91 Å². The molecule has 28 heavy (non-hydrogen) atoms. The van der Waals surface area contributed by atoms with E-state index in [1.807, 2.05) is 43.3 Å². The summed E-state index contributed by atoms with van der Waals surface area (Å²) in [6, 6.07) is 11.4. The highest BCUT2D eigenvalue weighted by Gasteiger charge is 2.02. The van der Waals surface area contributed by atoms with Crippen LogP contribution >= 0.6 is 0 Å². The van der Waals surface area contributed by atoms with Crippen LogP contribution in [0.3, 0.4) is 0 Å². The maximum Gasteiger partial charge on any atom is 0.251 e. The van der Waals surface area contributed by atoms with E-state index in [1.165, 1.54) is 38.5 Å². The average Bonchev–Trinajstić information content (AvgIpc) is 3.51. The molecule has 0 bridgehead atoms. The fourth-order valence-electron chi connectivity index (χ4n) is 2.74. The van der Waals surface area contributed by atoms with Gasteiger partial charge in [-0.05, 0) is 35.4 Å². The van der Waals surface area contributed by atoms with Gasteiger partial charge >= 0.3 is 0 Å². The molecule has 1 aromatic carbocycles. The Morgan fingerprint density at radius 3 is 1.96 bits per heavy atom. The summed E-state index contributed by atoms with van der Waals surface area (Å²) in [5, 5.41) is 9.69. The zero-order valence-corrected chi connectivity index (χ0v) is 16.6. The highest BCUT2D eigenvalue weighted by molar-refractivity contribution is 5.94. The van der Waals surface area contributed by atoms with Crippen molar-refractivity contribution in [2.45, 2.75) is 45.4 Å². The van der Waals surface area contributed by atoms with Crippen LogP contribution in [0.5, 0.6) is 0 Å². The van der Waals surface area contributed by atoms with Crippen molar-refractivity contribution >= 4 is 5.91 Å². The van der Waals surface area contributed by atoms with Crippen molar-refractivity contribution in [2.75, 3.05) is 7.05 Å². The Labute approximate surface area is 166 Å². The number of carbonyl (C=O) groups is 1. The summed E-state index contributed by atoms with van der Waals surface area (Å²) >= 11 is 0. The van der Waals surface area contributed by atoms with Gasteiger partial charge in [0.2, 0.25) is 12.3 Å². The zero-order valence-electron chi connectivity index (χ0n) is 16.6. The second-order valence-electron chi connectivity index (χ2n) is 6.35. The van der Waals surface area contributed by atoms with E-state index in [9.17, 15) is 4.79 Å². The lowest BCUT2D eigenvalue weighted by Crippen LogP contribution is -2.17. The van der Waals surface area contributed by atoms with E-state index < -0.39 is 0 Å². The monoisotopic (exact) mass is 380 g/mol. The van der Waals surface area contributed by atoms with Crippen molar-refractivity contribution in [1.82, 2.24) is 20.5 Å². The third-order valence-corrected chi connectivity index (χ3v) is 4.35. The smallest absolute Gasteiger partial charge is 0.251 e. The summed E-state index contributed by atoms with van der Waals surface area (Å²) in [4.78, 5) is 15.3. The van der Waals surface area contributed by atoms with Crippen molar-refractivity contribution in [3.63, 3.8) is 0 Å². The number of amides is 1. The second-order valence-corrected chi connectivity index (χ2v) is 6.35. The fourth-order valence-corrected chi connectivity index (χ4v) is 2.74. The maximum absolute atomic E-state index is 11.3. The van der Waals surface area contributed by atoms with Crippen LogP contribution in [0, 0.1) is 0 Å². The van der Waals surface area contributed by atoms with Crippen LogP contribution in [0.2, 0.25) is 0 Å². The molecule has 0 radical (unpaired) electrons. The second kappa shape index (κ2) is 12.4. The third-order valence-electron chi connectivity index (χ3n) is 4.35. The molecule has 2 aromatic heterocycles. The number of hydrogen-bond donors (Lipinski definition) is 1. The Hall–Kier alpha value is -3.02. The minimum atomic E-state index is -0.0683. The summed E-state index contributed by atoms with van der Waals surface area (Å²) in [6.07, 6.45) is 13.2. The third kappa shape index (κ3) is 7.31. The molecule has 1 fully saturated rings. The molecule has 1 saturated carbocycles. The number of nitrogens with one attached hydrogen (secondary N) is 1. The van der Waals surface area contributed by atoms with Gasteiger partial charge in [-0.1, -0.05) is 51.2 Å². The average molecular weight is 380 g/mol. The van der Waals surface area contributed by atoms with Crippen molar-refractivity contribution in [1.29, 1.82) is 0 Å². The summed E-state index contributed by atoms with van der Waals surface area (Å²) in [6.45, 7) is 1.97. The topological polar surface area (TPSA) is 80.9 Å². The van der Waals surface area contributed by atoms with Gasteiger partial charge in [-0.15, -0.1) is 10.2 Å². The largest absolute Gasteiger partial charge is 0.428 e. The van der Waals surface area contributed by atoms with Crippen molar-refractivity contribution in [2.24, 2.45) is 0 Å². The SMILES string of the molecule is C1CCCC1.CCc1nnco1.CNC(=O)c1ccc(-c2ccncc2)cc1. The molecule has 0 spiro atoms. The van der Waals surface area contributed by atoms with Crippen LogP contribution in [0.25, 0.3) is 11.1 Å². The van der Waals surface area contributed by atoms with E-state index in [4.69, 9.17) is 4.42 Å². The molecule has 148 valence electrons. The molecule has 1 N–H and O–H groups in total. The van der Waals surface area contributed by atoms with Crippen molar-refractivity contribution < 1.29 is 9.21 Å². The minimum Gasteiger partial charge on any atom is -0.428 e. The van der Waals surface area contributed by atoms with Crippen molar-refractivity contribution in [3.05, 3.63) is 66.6 Å². The number of aromatic nitrogens is 3. The molecular formula is C22H28N4O2. The molecule has 1 aliphatic carbocycles. The minimum absolute atomic E-state index is 0.0683. The lowest BCUT2D eigenvalue weighted by atomic mass is 10.1. The van der Waals surface area contributed by atoms with E-state index in [1.54, 1.807) is 19.4 Å². The Kier molecular flexibility index (Phi) is 9.41. The van der Waals surface area contributed by atoms with E-state index in [0.29, 0.717) is 11.5 Å². The van der Waals surface area contributed by atoms with Crippen molar-refractivity contribution in [3.8, 4) is 11.1 Å². The number of benzene rings is 1. The molecule has 0 unspecified atom stereocenters.